The fraction of sp³-hybridized carbons (Fsp3) is 0.733. The average molecular weight is 374 g/mol. The summed E-state index contributed by atoms with van der Waals surface area (Å²) >= 11 is 0. The zero-order chi connectivity index (χ0) is 19.0. The number of ether oxygens (including phenoxy) is 3. The molecule has 0 bridgehead atoms. The fourth-order valence-electron chi connectivity index (χ4n) is 2.95. The van der Waals surface area contributed by atoms with Crippen LogP contribution in [0.5, 0.6) is 0 Å². The lowest BCUT2D eigenvalue weighted by Crippen LogP contribution is -2.54. The van der Waals surface area contributed by atoms with E-state index in [1.165, 1.54) is 10.8 Å². The van der Waals surface area contributed by atoms with Crippen LogP contribution >= 0.6 is 0 Å². The molecule has 3 heterocycles. The maximum atomic E-state index is 11.9. The Morgan fingerprint density at radius 1 is 1.23 bits per heavy atom. The molecule has 26 heavy (non-hydrogen) atoms. The molecule has 0 aromatic carbocycles. The van der Waals surface area contributed by atoms with Gasteiger partial charge in [-0.2, -0.15) is 0 Å². The quantitative estimate of drug-likeness (QED) is 0.368. The largest absolute Gasteiger partial charge is 0.390 e. The van der Waals surface area contributed by atoms with Gasteiger partial charge in [0.15, 0.2) is 6.29 Å². The molecular formula is C15H22N2O9. The number of aryl methyl sites for hydroxylation is 1. The lowest BCUT2D eigenvalue weighted by Gasteiger charge is -2.35. The Bertz CT molecular complexity index is 747. The lowest BCUT2D eigenvalue weighted by molar-refractivity contribution is -0.277. The zero-order valence-electron chi connectivity index (χ0n) is 14.0. The van der Waals surface area contributed by atoms with Gasteiger partial charge in [-0.15, -0.1) is 0 Å². The van der Waals surface area contributed by atoms with Gasteiger partial charge in [-0.3, -0.25) is 14.3 Å². The van der Waals surface area contributed by atoms with E-state index in [-0.39, 0.29) is 19.6 Å². The number of nitrogens with one attached hydrogen (secondary N) is 1. The molecule has 2 fully saturated rings. The lowest BCUT2D eigenvalue weighted by atomic mass is 10.1. The molecule has 2 aliphatic rings. The van der Waals surface area contributed by atoms with Crippen LogP contribution in [0.25, 0.3) is 0 Å². The third-order valence-electron chi connectivity index (χ3n) is 4.54. The Balaban J connectivity index is 1.62. The topological polar surface area (TPSA) is 163 Å². The summed E-state index contributed by atoms with van der Waals surface area (Å²) in [7, 11) is 0. The predicted molar refractivity (Wildman–Crippen MR) is 84.3 cm³/mol. The van der Waals surface area contributed by atoms with Crippen molar-refractivity contribution in [2.24, 2.45) is 0 Å². The average Bonchev–Trinajstić information content (AvgIpc) is 2.96. The minimum Gasteiger partial charge on any atom is -0.390 e. The second-order valence-corrected chi connectivity index (χ2v) is 6.49. The summed E-state index contributed by atoms with van der Waals surface area (Å²) in [5.74, 6) is 0. The van der Waals surface area contributed by atoms with Crippen molar-refractivity contribution in [3.05, 3.63) is 32.6 Å². The van der Waals surface area contributed by atoms with Crippen molar-refractivity contribution in [1.29, 1.82) is 0 Å². The van der Waals surface area contributed by atoms with Crippen molar-refractivity contribution < 1.29 is 34.6 Å². The highest BCUT2D eigenvalue weighted by atomic mass is 16.7. The van der Waals surface area contributed by atoms with Gasteiger partial charge in [0, 0.05) is 18.2 Å². The second kappa shape index (κ2) is 7.56. The second-order valence-electron chi connectivity index (χ2n) is 6.49. The van der Waals surface area contributed by atoms with Crippen LogP contribution < -0.4 is 11.2 Å². The first-order valence-corrected chi connectivity index (χ1v) is 8.21. The van der Waals surface area contributed by atoms with Gasteiger partial charge in [0.05, 0.1) is 19.3 Å². The van der Waals surface area contributed by atoms with E-state index in [9.17, 15) is 30.0 Å². The molecule has 0 spiro atoms. The van der Waals surface area contributed by atoms with Gasteiger partial charge in [-0.25, -0.2) is 4.79 Å². The van der Waals surface area contributed by atoms with Crippen LogP contribution in [0.2, 0.25) is 0 Å². The van der Waals surface area contributed by atoms with Crippen LogP contribution in [0, 0.1) is 6.92 Å². The van der Waals surface area contributed by atoms with E-state index in [0.717, 1.165) is 0 Å². The molecule has 11 heteroatoms. The van der Waals surface area contributed by atoms with Crippen molar-refractivity contribution in [1.82, 2.24) is 9.55 Å². The molecule has 1 aromatic heterocycles. The number of aromatic nitrogens is 2. The molecule has 0 radical (unpaired) electrons. The van der Waals surface area contributed by atoms with Crippen molar-refractivity contribution in [3.63, 3.8) is 0 Å². The van der Waals surface area contributed by atoms with Gasteiger partial charge in [0.1, 0.15) is 30.6 Å². The van der Waals surface area contributed by atoms with Crippen LogP contribution in [0.15, 0.2) is 15.8 Å². The molecule has 2 aliphatic heterocycles. The summed E-state index contributed by atoms with van der Waals surface area (Å²) < 4.78 is 17.3. The monoisotopic (exact) mass is 374 g/mol. The number of nitrogens with zero attached hydrogens (tertiary/aromatic N) is 1. The van der Waals surface area contributed by atoms with Crippen molar-refractivity contribution in [2.75, 3.05) is 13.2 Å². The van der Waals surface area contributed by atoms with Crippen molar-refractivity contribution in [2.45, 2.75) is 56.4 Å². The smallest absolute Gasteiger partial charge is 0.330 e. The highest BCUT2D eigenvalue weighted by Gasteiger charge is 2.41. The van der Waals surface area contributed by atoms with Gasteiger partial charge in [-0.05, 0) is 6.92 Å². The molecule has 1 aromatic rings. The number of H-pyrrole nitrogens is 1. The maximum absolute atomic E-state index is 11.9. The number of rotatable bonds is 4. The van der Waals surface area contributed by atoms with Gasteiger partial charge >= 0.3 is 5.69 Å². The summed E-state index contributed by atoms with van der Waals surface area (Å²) in [4.78, 5) is 25.5. The first-order chi connectivity index (χ1) is 12.3. The molecule has 4 unspecified atom stereocenters. The SMILES string of the molecule is Cc1cn([C@H]2C[C@H](O)[C@@H](COC3OCC(O)C(O)C3O)O2)c(=O)[nH]c1=O. The van der Waals surface area contributed by atoms with Crippen molar-refractivity contribution >= 4 is 0 Å². The van der Waals surface area contributed by atoms with Crippen molar-refractivity contribution in [3.8, 4) is 0 Å². The Kier molecular flexibility index (Phi) is 5.58. The molecule has 5 N–H and O–H groups in total. The van der Waals surface area contributed by atoms with E-state index in [0.29, 0.717) is 5.56 Å². The third kappa shape index (κ3) is 3.74. The van der Waals surface area contributed by atoms with Crippen LogP contribution in [0.4, 0.5) is 0 Å². The number of aromatic amines is 1. The van der Waals surface area contributed by atoms with E-state index in [1.54, 1.807) is 6.92 Å². The predicted octanol–water partition coefficient (Wildman–Crippen LogP) is -3.05. The molecule has 0 aliphatic carbocycles. The minimum atomic E-state index is -1.45. The van der Waals surface area contributed by atoms with Crippen LogP contribution in [-0.2, 0) is 14.2 Å². The Labute approximate surface area is 147 Å². The minimum absolute atomic E-state index is 0.106. The van der Waals surface area contributed by atoms with Crippen LogP contribution in [0.3, 0.4) is 0 Å². The standard InChI is InChI=1S/C15H22N2O9/c1-6-3-17(15(23)16-13(6)22)10-2-7(18)9(26-10)5-25-14-12(21)11(20)8(19)4-24-14/h3,7-12,14,18-21H,2,4-5H2,1H3,(H,16,22,23)/t7-,8?,9+,10+,11?,12?,14?/m0/s1. The summed E-state index contributed by atoms with van der Waals surface area (Å²) in [5.41, 5.74) is -0.815. The van der Waals surface area contributed by atoms with Gasteiger partial charge in [0.2, 0.25) is 0 Å². The first kappa shape index (κ1) is 19.2. The third-order valence-corrected chi connectivity index (χ3v) is 4.54. The molecule has 0 amide bonds. The maximum Gasteiger partial charge on any atom is 0.330 e. The summed E-state index contributed by atoms with van der Waals surface area (Å²) in [6, 6.07) is 0. The number of hydrogen-bond acceptors (Lipinski definition) is 9. The van der Waals surface area contributed by atoms with E-state index in [2.05, 4.69) is 4.98 Å². The Hall–Kier alpha value is -1.60. The molecule has 11 nitrogen and oxygen atoms in total. The van der Waals surface area contributed by atoms with Crippen LogP contribution in [0.1, 0.15) is 18.2 Å². The Morgan fingerprint density at radius 2 is 1.96 bits per heavy atom. The number of aliphatic hydroxyl groups is 4. The molecule has 3 rings (SSSR count). The number of hydrogen-bond donors (Lipinski definition) is 5. The van der Waals surface area contributed by atoms with E-state index in [4.69, 9.17) is 14.2 Å². The molecular weight excluding hydrogens is 352 g/mol. The van der Waals surface area contributed by atoms with Gasteiger partial charge < -0.3 is 34.6 Å². The van der Waals surface area contributed by atoms with E-state index in [1.807, 2.05) is 0 Å². The first-order valence-electron chi connectivity index (χ1n) is 8.21. The van der Waals surface area contributed by atoms with E-state index < -0.39 is 54.3 Å². The highest BCUT2D eigenvalue weighted by molar-refractivity contribution is 5.02. The zero-order valence-corrected chi connectivity index (χ0v) is 14.0. The number of aliphatic hydroxyl groups excluding tert-OH is 4. The summed E-state index contributed by atoms with van der Waals surface area (Å²) in [6.07, 6.45) is -6.32. The summed E-state index contributed by atoms with van der Waals surface area (Å²) in [5, 5.41) is 39.0. The van der Waals surface area contributed by atoms with Crippen LogP contribution in [-0.4, -0.2) is 80.0 Å². The van der Waals surface area contributed by atoms with E-state index >= 15 is 0 Å². The molecule has 2 saturated heterocycles. The normalized spacial score (nSPS) is 37.8. The highest BCUT2D eigenvalue weighted by Crippen LogP contribution is 2.28. The Morgan fingerprint density at radius 3 is 2.69 bits per heavy atom. The molecule has 146 valence electrons. The molecule has 7 atom stereocenters. The van der Waals surface area contributed by atoms with Gasteiger partial charge in [-0.1, -0.05) is 0 Å². The fourth-order valence-corrected chi connectivity index (χ4v) is 2.95. The molecule has 0 saturated carbocycles. The van der Waals surface area contributed by atoms with Gasteiger partial charge in [0.25, 0.3) is 5.56 Å². The summed E-state index contributed by atoms with van der Waals surface area (Å²) in [6.45, 7) is 1.17.